The average Bonchev–Trinajstić information content (AvgIpc) is 3.22. The summed E-state index contributed by atoms with van der Waals surface area (Å²) in [6.07, 6.45) is 1.77. The van der Waals surface area contributed by atoms with Crippen LogP contribution >= 0.6 is 0 Å². The zero-order valence-electron chi connectivity index (χ0n) is 19.6. The second-order valence-electron chi connectivity index (χ2n) is 8.60. The van der Waals surface area contributed by atoms with Crippen LogP contribution in [0.4, 0.5) is 5.69 Å². The van der Waals surface area contributed by atoms with Gasteiger partial charge in [0.2, 0.25) is 11.8 Å². The molecule has 7 nitrogen and oxygen atoms in total. The number of carbonyl (C=O) groups is 2. The summed E-state index contributed by atoms with van der Waals surface area (Å²) >= 11 is 0. The Morgan fingerprint density at radius 2 is 1.79 bits per heavy atom. The first-order valence-corrected chi connectivity index (χ1v) is 11.6. The summed E-state index contributed by atoms with van der Waals surface area (Å²) in [4.78, 5) is 29.5. The monoisotopic (exact) mass is 452 g/mol. The van der Waals surface area contributed by atoms with E-state index in [1.807, 2.05) is 61.2 Å². The first-order valence-electron chi connectivity index (χ1n) is 11.6. The molecule has 2 heterocycles. The van der Waals surface area contributed by atoms with Gasteiger partial charge in [-0.15, -0.1) is 0 Å². The van der Waals surface area contributed by atoms with Gasteiger partial charge < -0.3 is 24.0 Å². The molecule has 2 aromatic rings. The SMILES string of the molecule is CCOc1ccccc1OC1CCN(C(=O)C2CC(=O)N(c3cc(C)ccc3OC)C2)CC1. The Bertz CT molecular complexity index is 1000. The predicted molar refractivity (Wildman–Crippen MR) is 126 cm³/mol. The van der Waals surface area contributed by atoms with E-state index >= 15 is 0 Å². The third-order valence-corrected chi connectivity index (χ3v) is 6.30. The number of aryl methyl sites for hydroxylation is 1. The number of methoxy groups -OCH3 is 1. The van der Waals surface area contributed by atoms with E-state index in [-0.39, 0.29) is 30.3 Å². The van der Waals surface area contributed by atoms with E-state index < -0.39 is 0 Å². The number of benzene rings is 2. The van der Waals surface area contributed by atoms with Crippen LogP contribution in [0.2, 0.25) is 0 Å². The van der Waals surface area contributed by atoms with Crippen molar-refractivity contribution in [2.75, 3.05) is 38.3 Å². The summed E-state index contributed by atoms with van der Waals surface area (Å²) in [6.45, 7) is 6.14. The second kappa shape index (κ2) is 10.1. The van der Waals surface area contributed by atoms with Crippen LogP contribution < -0.4 is 19.1 Å². The van der Waals surface area contributed by atoms with Crippen LogP contribution in [0.3, 0.4) is 0 Å². The van der Waals surface area contributed by atoms with Crippen molar-refractivity contribution in [2.45, 2.75) is 39.2 Å². The minimum atomic E-state index is -0.334. The molecule has 0 saturated carbocycles. The summed E-state index contributed by atoms with van der Waals surface area (Å²) in [5.74, 6) is 1.81. The lowest BCUT2D eigenvalue weighted by atomic mass is 10.0. The van der Waals surface area contributed by atoms with E-state index in [1.54, 1.807) is 12.0 Å². The Balaban J connectivity index is 1.35. The van der Waals surface area contributed by atoms with Gasteiger partial charge in [0.05, 0.1) is 25.3 Å². The van der Waals surface area contributed by atoms with Crippen molar-refractivity contribution >= 4 is 17.5 Å². The number of amides is 2. The standard InChI is InChI=1S/C26H32N2O5/c1-4-32-23-7-5-6-8-24(23)33-20-11-13-27(14-12-20)26(30)19-16-25(29)28(17-19)21-15-18(2)9-10-22(21)31-3/h5-10,15,19-20H,4,11-14,16-17H2,1-3H3. The van der Waals surface area contributed by atoms with Crippen LogP contribution in [-0.2, 0) is 9.59 Å². The van der Waals surface area contributed by atoms with Gasteiger partial charge in [0.15, 0.2) is 11.5 Å². The molecule has 4 rings (SSSR count). The summed E-state index contributed by atoms with van der Waals surface area (Å²) in [6, 6.07) is 13.4. The van der Waals surface area contributed by atoms with E-state index in [9.17, 15) is 9.59 Å². The number of ether oxygens (including phenoxy) is 3. The molecule has 0 bridgehead atoms. The molecule has 2 aliphatic rings. The van der Waals surface area contributed by atoms with Crippen LogP contribution in [0.1, 0.15) is 31.7 Å². The molecule has 2 saturated heterocycles. The second-order valence-corrected chi connectivity index (χ2v) is 8.60. The molecule has 2 aromatic carbocycles. The van der Waals surface area contributed by atoms with E-state index in [1.165, 1.54) is 0 Å². The van der Waals surface area contributed by atoms with E-state index in [0.29, 0.717) is 32.0 Å². The Hall–Kier alpha value is -3.22. The molecule has 0 aliphatic carbocycles. The van der Waals surface area contributed by atoms with Crippen molar-refractivity contribution in [1.29, 1.82) is 0 Å². The predicted octanol–water partition coefficient (Wildman–Crippen LogP) is 3.83. The zero-order chi connectivity index (χ0) is 23.4. The Morgan fingerprint density at radius 3 is 2.48 bits per heavy atom. The quantitative estimate of drug-likeness (QED) is 0.639. The summed E-state index contributed by atoms with van der Waals surface area (Å²) in [5, 5.41) is 0. The first-order chi connectivity index (χ1) is 16.0. The van der Waals surface area contributed by atoms with E-state index in [4.69, 9.17) is 14.2 Å². The minimum Gasteiger partial charge on any atom is -0.495 e. The Labute approximate surface area is 195 Å². The number of rotatable bonds is 7. The van der Waals surface area contributed by atoms with Crippen molar-refractivity contribution in [3.63, 3.8) is 0 Å². The highest BCUT2D eigenvalue weighted by atomic mass is 16.5. The lowest BCUT2D eigenvalue weighted by Crippen LogP contribution is -2.44. The number of hydrogen-bond acceptors (Lipinski definition) is 5. The summed E-state index contributed by atoms with van der Waals surface area (Å²) in [7, 11) is 1.59. The molecule has 33 heavy (non-hydrogen) atoms. The van der Waals surface area contributed by atoms with E-state index in [2.05, 4.69) is 0 Å². The smallest absolute Gasteiger partial charge is 0.228 e. The van der Waals surface area contributed by atoms with Gasteiger partial charge in [-0.1, -0.05) is 18.2 Å². The van der Waals surface area contributed by atoms with Crippen LogP contribution in [0.5, 0.6) is 17.2 Å². The van der Waals surface area contributed by atoms with Crippen LogP contribution in [0.25, 0.3) is 0 Å². The summed E-state index contributed by atoms with van der Waals surface area (Å²) in [5.41, 5.74) is 1.78. The highest BCUT2D eigenvalue weighted by molar-refractivity contribution is 6.01. The maximum absolute atomic E-state index is 13.2. The van der Waals surface area contributed by atoms with Crippen LogP contribution in [0, 0.1) is 12.8 Å². The molecule has 0 N–H and O–H groups in total. The normalized spacial score (nSPS) is 19.0. The van der Waals surface area contributed by atoms with Gasteiger partial charge >= 0.3 is 0 Å². The van der Waals surface area contributed by atoms with Gasteiger partial charge in [0, 0.05) is 38.9 Å². The van der Waals surface area contributed by atoms with Crippen LogP contribution in [-0.4, -0.2) is 56.2 Å². The van der Waals surface area contributed by atoms with Gasteiger partial charge in [-0.2, -0.15) is 0 Å². The fourth-order valence-electron chi connectivity index (χ4n) is 4.57. The molecule has 7 heteroatoms. The average molecular weight is 453 g/mol. The molecular formula is C26H32N2O5. The van der Waals surface area contributed by atoms with Crippen molar-refractivity contribution in [1.82, 2.24) is 4.90 Å². The number of hydrogen-bond donors (Lipinski definition) is 0. The molecule has 0 radical (unpaired) electrons. The fourth-order valence-corrected chi connectivity index (χ4v) is 4.57. The van der Waals surface area contributed by atoms with E-state index in [0.717, 1.165) is 35.6 Å². The molecule has 2 amide bonds. The Kier molecular flexibility index (Phi) is 7.06. The largest absolute Gasteiger partial charge is 0.495 e. The number of anilines is 1. The topological polar surface area (TPSA) is 68.3 Å². The zero-order valence-corrected chi connectivity index (χ0v) is 19.6. The van der Waals surface area contributed by atoms with Crippen molar-refractivity contribution in [3.05, 3.63) is 48.0 Å². The molecule has 2 aliphatic heterocycles. The molecule has 176 valence electrons. The number of para-hydroxylation sites is 2. The molecule has 1 atom stereocenters. The van der Waals surface area contributed by atoms with Crippen LogP contribution in [0.15, 0.2) is 42.5 Å². The Morgan fingerprint density at radius 1 is 1.06 bits per heavy atom. The lowest BCUT2D eigenvalue weighted by Gasteiger charge is -2.33. The number of likely N-dealkylation sites (tertiary alicyclic amines) is 1. The van der Waals surface area contributed by atoms with Crippen molar-refractivity contribution in [3.8, 4) is 17.2 Å². The van der Waals surface area contributed by atoms with Gasteiger partial charge in [-0.05, 0) is 43.7 Å². The third-order valence-electron chi connectivity index (χ3n) is 6.30. The third kappa shape index (κ3) is 5.07. The van der Waals surface area contributed by atoms with Gasteiger partial charge in [-0.25, -0.2) is 0 Å². The number of carbonyl (C=O) groups excluding carboxylic acids is 2. The number of nitrogens with zero attached hydrogens (tertiary/aromatic N) is 2. The fraction of sp³-hybridized carbons (Fsp3) is 0.462. The first kappa shape index (κ1) is 23.0. The molecule has 1 unspecified atom stereocenters. The van der Waals surface area contributed by atoms with Gasteiger partial charge in [0.1, 0.15) is 11.9 Å². The van der Waals surface area contributed by atoms with Gasteiger partial charge in [0.25, 0.3) is 0 Å². The molecule has 0 aromatic heterocycles. The molecule has 0 spiro atoms. The van der Waals surface area contributed by atoms with Gasteiger partial charge in [-0.3, -0.25) is 9.59 Å². The maximum atomic E-state index is 13.2. The molecular weight excluding hydrogens is 420 g/mol. The highest BCUT2D eigenvalue weighted by Gasteiger charge is 2.39. The minimum absolute atomic E-state index is 0.0360. The highest BCUT2D eigenvalue weighted by Crippen LogP contribution is 2.35. The summed E-state index contributed by atoms with van der Waals surface area (Å²) < 4.78 is 17.3. The maximum Gasteiger partial charge on any atom is 0.228 e. The lowest BCUT2D eigenvalue weighted by molar-refractivity contribution is -0.137. The van der Waals surface area contributed by atoms with Crippen molar-refractivity contribution in [2.24, 2.45) is 5.92 Å². The molecule has 2 fully saturated rings. The number of piperidine rings is 1. The van der Waals surface area contributed by atoms with Crippen molar-refractivity contribution < 1.29 is 23.8 Å².